The van der Waals surface area contributed by atoms with Crippen LogP contribution >= 0.6 is 11.6 Å². The van der Waals surface area contributed by atoms with Crippen molar-refractivity contribution in [2.24, 2.45) is 5.11 Å². The molecule has 0 radical (unpaired) electrons. The number of nitrogens with one attached hydrogen (secondary N) is 1. The van der Waals surface area contributed by atoms with Crippen molar-refractivity contribution in [3.63, 3.8) is 0 Å². The molecule has 0 heterocycles. The molecule has 0 aliphatic rings. The Balaban J connectivity index is 2.61. The third-order valence-electron chi connectivity index (χ3n) is 2.22. The SMILES string of the molecule is [N-]=[N+]=NCCCCNS(=O)(=O)c1cc(F)ccc1Cl. The maximum atomic E-state index is 13.0. The van der Waals surface area contributed by atoms with Crippen molar-refractivity contribution in [1.82, 2.24) is 4.72 Å². The molecule has 6 nitrogen and oxygen atoms in total. The van der Waals surface area contributed by atoms with Crippen LogP contribution in [-0.2, 0) is 10.0 Å². The van der Waals surface area contributed by atoms with Gasteiger partial charge in [0.2, 0.25) is 10.0 Å². The van der Waals surface area contributed by atoms with Crippen LogP contribution in [0, 0.1) is 5.82 Å². The lowest BCUT2D eigenvalue weighted by Gasteiger charge is -2.08. The smallest absolute Gasteiger partial charge is 0.211 e. The lowest BCUT2D eigenvalue weighted by atomic mass is 10.3. The Labute approximate surface area is 115 Å². The molecule has 0 aromatic heterocycles. The summed E-state index contributed by atoms with van der Waals surface area (Å²) in [6.45, 7) is 0.467. The van der Waals surface area contributed by atoms with Crippen LogP contribution in [-0.4, -0.2) is 21.5 Å². The van der Waals surface area contributed by atoms with E-state index < -0.39 is 15.8 Å². The molecule has 0 saturated heterocycles. The van der Waals surface area contributed by atoms with Crippen LogP contribution in [0.2, 0.25) is 5.02 Å². The van der Waals surface area contributed by atoms with E-state index in [1.807, 2.05) is 0 Å². The van der Waals surface area contributed by atoms with E-state index >= 15 is 0 Å². The standard InChI is InChI=1S/C10H12ClFN4O2S/c11-9-4-3-8(12)7-10(9)19(17,18)15-6-2-1-5-14-16-13/h3-4,7,15H,1-2,5-6H2. The molecule has 1 aromatic carbocycles. The molecule has 0 atom stereocenters. The summed E-state index contributed by atoms with van der Waals surface area (Å²) in [5.74, 6) is -0.673. The minimum Gasteiger partial charge on any atom is -0.211 e. The maximum absolute atomic E-state index is 13.0. The Morgan fingerprint density at radius 1 is 1.42 bits per heavy atom. The van der Waals surface area contributed by atoms with E-state index in [-0.39, 0.29) is 16.5 Å². The number of hydrogen-bond acceptors (Lipinski definition) is 3. The van der Waals surface area contributed by atoms with Crippen molar-refractivity contribution >= 4 is 21.6 Å². The Kier molecular flexibility index (Phi) is 6.04. The van der Waals surface area contributed by atoms with Crippen LogP contribution in [0.15, 0.2) is 28.2 Å². The van der Waals surface area contributed by atoms with Crippen LogP contribution in [0.3, 0.4) is 0 Å². The van der Waals surface area contributed by atoms with Crippen molar-refractivity contribution in [1.29, 1.82) is 0 Å². The quantitative estimate of drug-likeness (QED) is 0.363. The first kappa shape index (κ1) is 15.7. The summed E-state index contributed by atoms with van der Waals surface area (Å²) in [4.78, 5) is 2.29. The van der Waals surface area contributed by atoms with Gasteiger partial charge in [-0.1, -0.05) is 16.7 Å². The van der Waals surface area contributed by atoms with Gasteiger partial charge in [0, 0.05) is 18.0 Å². The van der Waals surface area contributed by atoms with Crippen LogP contribution in [0.5, 0.6) is 0 Å². The van der Waals surface area contributed by atoms with Gasteiger partial charge in [-0.05, 0) is 36.6 Å². The number of sulfonamides is 1. The van der Waals surface area contributed by atoms with Crippen molar-refractivity contribution < 1.29 is 12.8 Å². The molecule has 1 rings (SSSR count). The highest BCUT2D eigenvalue weighted by atomic mass is 35.5. The first-order valence-electron chi connectivity index (χ1n) is 5.43. The number of rotatable bonds is 7. The van der Waals surface area contributed by atoms with Crippen LogP contribution in [0.25, 0.3) is 10.4 Å². The molecule has 1 aromatic rings. The predicted molar refractivity (Wildman–Crippen MR) is 69.8 cm³/mol. The fourth-order valence-electron chi connectivity index (χ4n) is 1.32. The minimum absolute atomic E-state index is 0.0389. The van der Waals surface area contributed by atoms with Gasteiger partial charge in [-0.2, -0.15) is 0 Å². The second kappa shape index (κ2) is 7.30. The van der Waals surface area contributed by atoms with Crippen LogP contribution in [0.1, 0.15) is 12.8 Å². The van der Waals surface area contributed by atoms with Gasteiger partial charge in [-0.25, -0.2) is 17.5 Å². The minimum atomic E-state index is -3.83. The highest BCUT2D eigenvalue weighted by Gasteiger charge is 2.17. The number of benzene rings is 1. The molecule has 0 spiro atoms. The number of nitrogens with zero attached hydrogens (tertiary/aromatic N) is 3. The summed E-state index contributed by atoms with van der Waals surface area (Å²) >= 11 is 5.72. The molecular formula is C10H12ClFN4O2S. The van der Waals surface area contributed by atoms with Crippen molar-refractivity contribution in [3.8, 4) is 0 Å². The Bertz CT molecular complexity index is 587. The Hall–Kier alpha value is -1.34. The number of unbranched alkanes of at least 4 members (excludes halogenated alkanes) is 1. The lowest BCUT2D eigenvalue weighted by molar-refractivity contribution is 0.573. The largest absolute Gasteiger partial charge is 0.242 e. The molecule has 0 fully saturated rings. The summed E-state index contributed by atoms with van der Waals surface area (Å²) < 4.78 is 39.0. The molecular weight excluding hydrogens is 295 g/mol. The highest BCUT2D eigenvalue weighted by molar-refractivity contribution is 7.89. The topological polar surface area (TPSA) is 94.9 Å². The molecule has 0 aliphatic carbocycles. The second-order valence-corrected chi connectivity index (χ2v) is 5.78. The van der Waals surface area contributed by atoms with E-state index in [1.165, 1.54) is 6.07 Å². The summed E-state index contributed by atoms with van der Waals surface area (Å²) in [5, 5.41) is 3.28. The van der Waals surface area contributed by atoms with Gasteiger partial charge >= 0.3 is 0 Å². The third-order valence-corrected chi connectivity index (χ3v) is 4.17. The highest BCUT2D eigenvalue weighted by Crippen LogP contribution is 2.21. The van der Waals surface area contributed by atoms with Crippen LogP contribution in [0.4, 0.5) is 4.39 Å². The molecule has 9 heteroatoms. The van der Waals surface area contributed by atoms with E-state index in [0.29, 0.717) is 19.4 Å². The third kappa shape index (κ3) is 5.04. The van der Waals surface area contributed by atoms with E-state index in [4.69, 9.17) is 17.1 Å². The van der Waals surface area contributed by atoms with E-state index in [1.54, 1.807) is 0 Å². The monoisotopic (exact) mass is 306 g/mol. The zero-order chi connectivity index (χ0) is 14.3. The maximum Gasteiger partial charge on any atom is 0.242 e. The summed E-state index contributed by atoms with van der Waals surface area (Å²) in [6.07, 6.45) is 1.06. The molecule has 19 heavy (non-hydrogen) atoms. The Morgan fingerprint density at radius 3 is 2.84 bits per heavy atom. The van der Waals surface area contributed by atoms with Crippen molar-refractivity contribution in [3.05, 3.63) is 39.5 Å². The van der Waals surface area contributed by atoms with Gasteiger partial charge in [-0.15, -0.1) is 0 Å². The normalized spacial score (nSPS) is 11.1. The van der Waals surface area contributed by atoms with Gasteiger partial charge in [0.05, 0.1) is 5.02 Å². The van der Waals surface area contributed by atoms with Gasteiger partial charge in [0.1, 0.15) is 10.7 Å². The lowest BCUT2D eigenvalue weighted by Crippen LogP contribution is -2.25. The number of halogens is 2. The first-order chi connectivity index (χ1) is 8.97. The van der Waals surface area contributed by atoms with Gasteiger partial charge < -0.3 is 0 Å². The molecule has 0 unspecified atom stereocenters. The van der Waals surface area contributed by atoms with Crippen molar-refractivity contribution in [2.45, 2.75) is 17.7 Å². The summed E-state index contributed by atoms with van der Waals surface area (Å²) in [7, 11) is -3.83. The van der Waals surface area contributed by atoms with Crippen LogP contribution < -0.4 is 4.72 Å². The fraction of sp³-hybridized carbons (Fsp3) is 0.400. The molecule has 1 N–H and O–H groups in total. The van der Waals surface area contributed by atoms with Gasteiger partial charge in [0.15, 0.2) is 0 Å². The van der Waals surface area contributed by atoms with E-state index in [0.717, 1.165) is 12.1 Å². The molecule has 104 valence electrons. The van der Waals surface area contributed by atoms with Gasteiger partial charge in [-0.3, -0.25) is 0 Å². The summed E-state index contributed by atoms with van der Waals surface area (Å²) in [6, 6.07) is 3.14. The average molecular weight is 307 g/mol. The molecule has 0 saturated carbocycles. The predicted octanol–water partition coefficient (Wildman–Crippen LogP) is 2.85. The zero-order valence-electron chi connectivity index (χ0n) is 9.88. The number of azide groups is 1. The molecule has 0 amide bonds. The van der Waals surface area contributed by atoms with E-state index in [9.17, 15) is 12.8 Å². The molecule has 0 aliphatic heterocycles. The number of hydrogen-bond donors (Lipinski definition) is 1. The first-order valence-corrected chi connectivity index (χ1v) is 7.29. The van der Waals surface area contributed by atoms with Gasteiger partial charge in [0.25, 0.3) is 0 Å². The zero-order valence-corrected chi connectivity index (χ0v) is 11.5. The average Bonchev–Trinajstić information content (AvgIpc) is 2.36. The summed E-state index contributed by atoms with van der Waals surface area (Å²) in [5.41, 5.74) is 8.05. The second-order valence-electron chi connectivity index (χ2n) is 3.63. The Morgan fingerprint density at radius 2 is 2.16 bits per heavy atom. The van der Waals surface area contributed by atoms with Crippen molar-refractivity contribution in [2.75, 3.05) is 13.1 Å². The molecule has 0 bridgehead atoms. The van der Waals surface area contributed by atoms with E-state index in [2.05, 4.69) is 14.7 Å². The fourth-order valence-corrected chi connectivity index (χ4v) is 2.90.